The van der Waals surface area contributed by atoms with Crippen molar-refractivity contribution in [3.8, 4) is 5.75 Å². The average molecular weight is 577 g/mol. The largest absolute Gasteiger partial charge is 0.463 e. The summed E-state index contributed by atoms with van der Waals surface area (Å²) >= 11 is 0. The van der Waals surface area contributed by atoms with Crippen LogP contribution in [-0.4, -0.2) is 63.5 Å². The Morgan fingerprint density at radius 2 is 1.92 bits per heavy atom. The second-order valence-corrected chi connectivity index (χ2v) is 11.5. The highest BCUT2D eigenvalue weighted by molar-refractivity contribution is 7.54. The zero-order valence-electron chi connectivity index (χ0n) is 21.7. The van der Waals surface area contributed by atoms with Gasteiger partial charge in [0.25, 0.3) is 0 Å². The predicted octanol–water partition coefficient (Wildman–Crippen LogP) is 3.17. The summed E-state index contributed by atoms with van der Waals surface area (Å²) in [5.41, 5.74) is 0.757. The molecule has 3 rings (SSSR count). The van der Waals surface area contributed by atoms with Gasteiger partial charge >= 0.3 is 19.3 Å². The quantitative estimate of drug-likeness (QED) is 0.301. The van der Waals surface area contributed by atoms with Gasteiger partial charge in [0.2, 0.25) is 5.67 Å². The lowest BCUT2D eigenvalue weighted by molar-refractivity contribution is -0.151. The summed E-state index contributed by atoms with van der Waals surface area (Å²) in [5, 5.41) is 10.7. The van der Waals surface area contributed by atoms with Gasteiger partial charge in [0.15, 0.2) is 17.9 Å². The van der Waals surface area contributed by atoms with Gasteiger partial charge in [0.05, 0.1) is 30.5 Å². The normalized spacial score (nSPS) is 26.1. The van der Waals surface area contributed by atoms with Crippen molar-refractivity contribution in [2.24, 2.45) is 5.92 Å². The van der Waals surface area contributed by atoms with Gasteiger partial charge in [-0.2, -0.15) is 4.98 Å². The number of halogens is 3. The van der Waals surface area contributed by atoms with Gasteiger partial charge in [-0.05, 0) is 32.9 Å². The first-order valence-corrected chi connectivity index (χ1v) is 13.8. The lowest BCUT2D eigenvalue weighted by Crippen LogP contribution is -2.48. The van der Waals surface area contributed by atoms with Crippen molar-refractivity contribution in [2.45, 2.75) is 64.0 Å². The molecule has 3 N–H and O–H groups in total. The molecule has 39 heavy (non-hydrogen) atoms. The minimum Gasteiger partial charge on any atom is -0.463 e. The van der Waals surface area contributed by atoms with Gasteiger partial charge in [-0.3, -0.25) is 13.9 Å². The Morgan fingerprint density at radius 3 is 2.51 bits per heavy atom. The van der Waals surface area contributed by atoms with Crippen molar-refractivity contribution in [2.75, 3.05) is 18.6 Å². The Bertz CT molecular complexity index is 1270. The van der Waals surface area contributed by atoms with Crippen molar-refractivity contribution >= 4 is 19.4 Å². The highest BCUT2D eigenvalue weighted by Crippen LogP contribution is 2.53. The number of hydrogen-bond acceptors (Lipinski definition) is 10. The molecule has 0 amide bonds. The molecule has 0 aliphatic carbocycles. The van der Waals surface area contributed by atoms with Crippen molar-refractivity contribution in [1.82, 2.24) is 9.55 Å². The van der Waals surface area contributed by atoms with E-state index in [-0.39, 0.29) is 5.75 Å². The first-order valence-electron chi connectivity index (χ1n) is 12.1. The number of nitrogen functional groups attached to an aromatic ring is 1. The maximum absolute atomic E-state index is 15.7. The third-order valence-corrected chi connectivity index (χ3v) is 8.06. The number of nitrogens with zero attached hydrogens (tertiary/aromatic N) is 2. The molecular formula is C24H31F3N3O8P. The number of rotatable bonds is 11. The van der Waals surface area contributed by atoms with E-state index in [1.807, 2.05) is 0 Å². The number of ether oxygens (including phenoxy) is 2. The van der Waals surface area contributed by atoms with Crippen LogP contribution in [0, 0.1) is 11.7 Å². The molecule has 11 nitrogen and oxygen atoms in total. The van der Waals surface area contributed by atoms with E-state index in [0.29, 0.717) is 10.8 Å². The fourth-order valence-corrected chi connectivity index (χ4v) is 6.10. The molecule has 0 spiro atoms. The van der Waals surface area contributed by atoms with Gasteiger partial charge in [-0.15, -0.1) is 0 Å². The third kappa shape index (κ3) is 6.81. The van der Waals surface area contributed by atoms with Crippen molar-refractivity contribution in [1.29, 1.82) is 0 Å². The summed E-state index contributed by atoms with van der Waals surface area (Å²) in [7, 11) is -4.26. The molecule has 1 aromatic carbocycles. The van der Waals surface area contributed by atoms with Crippen LogP contribution in [0.25, 0.3) is 0 Å². The molecule has 1 saturated heterocycles. The van der Waals surface area contributed by atoms with Crippen LogP contribution in [0.2, 0.25) is 0 Å². The summed E-state index contributed by atoms with van der Waals surface area (Å²) in [5.74, 6) is -3.49. The number of carbonyl (C=O) groups is 1. The topological polar surface area (TPSA) is 152 Å². The molecular weight excluding hydrogens is 546 g/mol. The number of hydrogen-bond donors (Lipinski definition) is 2. The number of carbonyl (C=O) groups excluding carboxylic acids is 1. The first kappa shape index (κ1) is 30.6. The Hall–Kier alpha value is -2.93. The van der Waals surface area contributed by atoms with E-state index >= 15 is 4.39 Å². The number of benzene rings is 1. The maximum Gasteiger partial charge on any atom is 0.380 e. The highest BCUT2D eigenvalue weighted by atomic mass is 31.2. The second-order valence-electron chi connectivity index (χ2n) is 9.52. The van der Waals surface area contributed by atoms with Crippen LogP contribution < -0.4 is 15.9 Å². The molecule has 0 bridgehead atoms. The van der Waals surface area contributed by atoms with E-state index in [1.54, 1.807) is 32.0 Å². The summed E-state index contributed by atoms with van der Waals surface area (Å²) in [4.78, 5) is 27.9. The van der Waals surface area contributed by atoms with Crippen molar-refractivity contribution in [3.05, 3.63) is 52.8 Å². The summed E-state index contributed by atoms with van der Waals surface area (Å²) in [6, 6.07) is 7.86. The van der Waals surface area contributed by atoms with Crippen LogP contribution in [0.15, 0.2) is 41.3 Å². The molecule has 1 aliphatic heterocycles. The number of aromatic nitrogens is 2. The van der Waals surface area contributed by atoms with E-state index in [1.165, 1.54) is 26.0 Å². The Labute approximate surface area is 222 Å². The van der Waals surface area contributed by atoms with Gasteiger partial charge in [-0.25, -0.2) is 22.5 Å². The lowest BCUT2D eigenvalue weighted by Gasteiger charge is -2.29. The molecule has 0 saturated carbocycles. The van der Waals surface area contributed by atoms with Crippen LogP contribution in [0.1, 0.15) is 33.9 Å². The van der Waals surface area contributed by atoms with Crippen LogP contribution in [0.3, 0.4) is 0 Å². The fraction of sp³-hybridized carbons (Fsp3) is 0.542. The van der Waals surface area contributed by atoms with E-state index in [2.05, 4.69) is 4.98 Å². The molecule has 1 fully saturated rings. The zero-order valence-corrected chi connectivity index (χ0v) is 22.6. The van der Waals surface area contributed by atoms with Gasteiger partial charge in [0.1, 0.15) is 24.6 Å². The molecule has 15 heteroatoms. The van der Waals surface area contributed by atoms with Gasteiger partial charge in [0, 0.05) is 0 Å². The number of alkyl halides is 2. The molecule has 216 valence electrons. The Balaban J connectivity index is 1.91. The van der Waals surface area contributed by atoms with E-state index in [9.17, 15) is 28.0 Å². The molecule has 2 unspecified atom stereocenters. The van der Waals surface area contributed by atoms with E-state index < -0.39 is 86.0 Å². The minimum absolute atomic E-state index is 0.127. The number of para-hydroxylation sites is 1. The summed E-state index contributed by atoms with van der Waals surface area (Å²) in [6.45, 7) is 4.14. The van der Waals surface area contributed by atoms with E-state index in [4.69, 9.17) is 24.3 Å². The highest BCUT2D eigenvalue weighted by Gasteiger charge is 2.61. The summed E-state index contributed by atoms with van der Waals surface area (Å²) in [6.07, 6.45) is -8.03. The monoisotopic (exact) mass is 577 g/mol. The van der Waals surface area contributed by atoms with E-state index in [0.717, 1.165) is 0 Å². The lowest BCUT2D eigenvalue weighted by atomic mass is 9.95. The van der Waals surface area contributed by atoms with Crippen molar-refractivity contribution in [3.63, 3.8) is 0 Å². The molecule has 7 atom stereocenters. The summed E-state index contributed by atoms with van der Waals surface area (Å²) < 4.78 is 79.8. The third-order valence-electron chi connectivity index (χ3n) is 5.92. The standard InChI is InChI=1S/C24H31F3N3O8P/c1-13(2)35-21(32)14(3)11-39(34,38-16-8-6-5-7-9-16)37-15(4)18-19(31)24(27,12-25)22(36-18)30-10-17(26)20(28)29-23(30)33/h5-10,13-15,18-19,22,31H,11-12H2,1-4H3,(H2,28,29,33)/t14-,15+,18-,19+,22-,24?,39?/m1/s1. The zero-order chi connectivity index (χ0) is 29.1. The van der Waals surface area contributed by atoms with Gasteiger partial charge < -0.3 is 24.8 Å². The van der Waals surface area contributed by atoms with Crippen molar-refractivity contribution < 1.29 is 46.2 Å². The maximum atomic E-state index is 15.7. The number of esters is 1. The first-order chi connectivity index (χ1) is 18.2. The van der Waals surface area contributed by atoms with Crippen LogP contribution in [-0.2, 0) is 23.4 Å². The average Bonchev–Trinajstić information content (AvgIpc) is 3.12. The number of aliphatic hydroxyl groups is 1. The molecule has 1 aliphatic rings. The second kappa shape index (κ2) is 12.1. The molecule has 2 aromatic rings. The SMILES string of the molecule is CC(C)OC(=O)[C@H](C)CP(=O)(Oc1ccccc1)O[C@@H](C)[C@H]1O[C@@H](n2cc(F)c(N)nc2=O)C(F)(CF)[C@H]1O. The smallest absolute Gasteiger partial charge is 0.380 e. The Morgan fingerprint density at radius 1 is 1.28 bits per heavy atom. The number of nitrogens with two attached hydrogens (primary N) is 1. The Kier molecular flexibility index (Phi) is 9.47. The fourth-order valence-electron chi connectivity index (χ4n) is 4.01. The van der Waals surface area contributed by atoms with Gasteiger partial charge in [-0.1, -0.05) is 25.1 Å². The predicted molar refractivity (Wildman–Crippen MR) is 133 cm³/mol. The number of anilines is 1. The van der Waals surface area contributed by atoms with Crippen LogP contribution in [0.5, 0.6) is 5.75 Å². The molecule has 2 heterocycles. The number of aliphatic hydroxyl groups excluding tert-OH is 1. The minimum atomic E-state index is -4.26. The molecule has 0 radical (unpaired) electrons. The molecule has 1 aromatic heterocycles. The van der Waals surface area contributed by atoms with Crippen LogP contribution in [0.4, 0.5) is 19.0 Å². The van der Waals surface area contributed by atoms with Crippen LogP contribution >= 0.6 is 7.60 Å².